The molecule has 5 rings (SSSR count). The maximum Gasteiger partial charge on any atom is 0.254 e. The fraction of sp³-hybridized carbons (Fsp3) is 0.231. The van der Waals surface area contributed by atoms with Gasteiger partial charge in [0.05, 0.1) is 18.7 Å². The standard InChI is InChI=1S/C26H23FN2O3/c27-21-8-4-7-20(13-21)26(32)28-14-22-25(23(16-30)29(22)24(31)15-28)19-11-9-18(10-12-19)17-5-2-1-3-6-17/h1-13,22-23,25,30H,14-16H2/t22-,23+,25+/m0/s1. The minimum Gasteiger partial charge on any atom is -0.394 e. The van der Waals surface area contributed by atoms with Gasteiger partial charge in [-0.1, -0.05) is 60.7 Å². The Labute approximate surface area is 185 Å². The molecule has 2 fully saturated rings. The molecule has 2 heterocycles. The molecule has 2 saturated heterocycles. The highest BCUT2D eigenvalue weighted by Gasteiger charge is 2.54. The topological polar surface area (TPSA) is 60.9 Å². The van der Waals surface area contributed by atoms with Crippen LogP contribution in [0.3, 0.4) is 0 Å². The number of carbonyl (C=O) groups is 2. The van der Waals surface area contributed by atoms with E-state index < -0.39 is 5.82 Å². The Balaban J connectivity index is 1.39. The predicted octanol–water partition coefficient (Wildman–Crippen LogP) is 3.30. The third-order valence-corrected chi connectivity index (χ3v) is 6.51. The van der Waals surface area contributed by atoms with Gasteiger partial charge in [-0.05, 0) is 34.9 Å². The van der Waals surface area contributed by atoms with Crippen LogP contribution in [0.1, 0.15) is 21.8 Å². The molecule has 162 valence electrons. The lowest BCUT2D eigenvalue weighted by molar-refractivity contribution is -0.159. The lowest BCUT2D eigenvalue weighted by Gasteiger charge is -2.58. The maximum absolute atomic E-state index is 13.6. The van der Waals surface area contributed by atoms with Gasteiger partial charge in [-0.25, -0.2) is 4.39 Å². The van der Waals surface area contributed by atoms with E-state index in [4.69, 9.17) is 0 Å². The Morgan fingerprint density at radius 1 is 0.969 bits per heavy atom. The molecule has 0 saturated carbocycles. The molecule has 0 unspecified atom stereocenters. The molecule has 2 aliphatic heterocycles. The molecular weight excluding hydrogens is 407 g/mol. The quantitative estimate of drug-likeness (QED) is 0.691. The highest BCUT2D eigenvalue weighted by molar-refractivity contribution is 5.97. The number of fused-ring (bicyclic) bond motifs is 1. The number of benzene rings is 3. The lowest BCUT2D eigenvalue weighted by atomic mass is 9.73. The third kappa shape index (κ3) is 3.46. The second-order valence-electron chi connectivity index (χ2n) is 8.33. The number of carbonyl (C=O) groups excluding carboxylic acids is 2. The zero-order valence-corrected chi connectivity index (χ0v) is 17.4. The molecule has 3 atom stereocenters. The number of hydrogen-bond acceptors (Lipinski definition) is 3. The van der Waals surface area contributed by atoms with Crippen molar-refractivity contribution >= 4 is 11.8 Å². The number of piperazine rings is 1. The highest BCUT2D eigenvalue weighted by atomic mass is 19.1. The van der Waals surface area contributed by atoms with E-state index in [1.54, 1.807) is 11.0 Å². The Kier molecular flexibility index (Phi) is 5.23. The summed E-state index contributed by atoms with van der Waals surface area (Å²) in [7, 11) is 0. The van der Waals surface area contributed by atoms with E-state index in [1.165, 1.54) is 23.1 Å². The molecule has 3 aromatic rings. The minimum atomic E-state index is -0.485. The fourth-order valence-electron chi connectivity index (χ4n) is 4.99. The summed E-state index contributed by atoms with van der Waals surface area (Å²) in [6, 6.07) is 23.2. The van der Waals surface area contributed by atoms with Gasteiger partial charge in [0, 0.05) is 18.0 Å². The first-order chi connectivity index (χ1) is 15.6. The lowest BCUT2D eigenvalue weighted by Crippen LogP contribution is -2.73. The summed E-state index contributed by atoms with van der Waals surface area (Å²) in [6.07, 6.45) is 0. The zero-order valence-electron chi connectivity index (χ0n) is 17.4. The molecule has 2 amide bonds. The second kappa shape index (κ2) is 8.20. The van der Waals surface area contributed by atoms with Crippen LogP contribution in [0, 0.1) is 5.82 Å². The SMILES string of the molecule is O=C(c1cccc(F)c1)N1CC(=O)N2[C@H](CO)[C@H](c3ccc(-c4ccccc4)cc3)[C@@H]2C1. The number of aliphatic hydroxyl groups excluding tert-OH is 1. The molecule has 0 aliphatic carbocycles. The van der Waals surface area contributed by atoms with Crippen molar-refractivity contribution in [1.82, 2.24) is 9.80 Å². The molecule has 0 bridgehead atoms. The van der Waals surface area contributed by atoms with E-state index >= 15 is 0 Å². The smallest absolute Gasteiger partial charge is 0.254 e. The number of nitrogens with zero attached hydrogens (tertiary/aromatic N) is 2. The molecule has 0 spiro atoms. The number of aliphatic hydroxyl groups is 1. The Morgan fingerprint density at radius 2 is 1.69 bits per heavy atom. The van der Waals surface area contributed by atoms with Crippen LogP contribution in [0.15, 0.2) is 78.9 Å². The van der Waals surface area contributed by atoms with E-state index in [1.807, 2.05) is 54.6 Å². The van der Waals surface area contributed by atoms with Gasteiger partial charge in [0.15, 0.2) is 0 Å². The van der Waals surface area contributed by atoms with Crippen molar-refractivity contribution in [3.8, 4) is 11.1 Å². The van der Waals surface area contributed by atoms with Gasteiger partial charge < -0.3 is 14.9 Å². The number of hydrogen-bond donors (Lipinski definition) is 1. The van der Waals surface area contributed by atoms with Crippen LogP contribution < -0.4 is 0 Å². The van der Waals surface area contributed by atoms with Crippen LogP contribution in [0.4, 0.5) is 4.39 Å². The molecule has 32 heavy (non-hydrogen) atoms. The van der Waals surface area contributed by atoms with Crippen molar-refractivity contribution in [1.29, 1.82) is 0 Å². The van der Waals surface area contributed by atoms with Crippen molar-refractivity contribution in [3.05, 3.63) is 95.8 Å². The summed E-state index contributed by atoms with van der Waals surface area (Å²) in [5.74, 6) is -1.11. The summed E-state index contributed by atoms with van der Waals surface area (Å²) in [5.41, 5.74) is 3.47. The van der Waals surface area contributed by atoms with Crippen LogP contribution in [0.5, 0.6) is 0 Å². The van der Waals surface area contributed by atoms with Gasteiger partial charge in [0.1, 0.15) is 12.4 Å². The van der Waals surface area contributed by atoms with Crippen molar-refractivity contribution < 1.29 is 19.1 Å². The van der Waals surface area contributed by atoms with Crippen LogP contribution >= 0.6 is 0 Å². The molecule has 0 aromatic heterocycles. The number of amides is 2. The summed E-state index contributed by atoms with van der Waals surface area (Å²) < 4.78 is 13.6. The predicted molar refractivity (Wildman–Crippen MR) is 118 cm³/mol. The van der Waals surface area contributed by atoms with Gasteiger partial charge in [-0.15, -0.1) is 0 Å². The monoisotopic (exact) mass is 430 g/mol. The number of halogens is 1. The summed E-state index contributed by atoms with van der Waals surface area (Å²) in [5, 5.41) is 9.97. The summed E-state index contributed by atoms with van der Waals surface area (Å²) >= 11 is 0. The average molecular weight is 430 g/mol. The van der Waals surface area contributed by atoms with Gasteiger partial charge >= 0.3 is 0 Å². The molecule has 1 N–H and O–H groups in total. The van der Waals surface area contributed by atoms with Crippen molar-refractivity contribution in [2.24, 2.45) is 0 Å². The van der Waals surface area contributed by atoms with Crippen LogP contribution in [-0.4, -0.2) is 58.5 Å². The van der Waals surface area contributed by atoms with Gasteiger partial charge in [0.2, 0.25) is 5.91 Å². The van der Waals surface area contributed by atoms with E-state index in [0.717, 1.165) is 16.7 Å². The summed E-state index contributed by atoms with van der Waals surface area (Å²) in [4.78, 5) is 28.9. The van der Waals surface area contributed by atoms with E-state index in [9.17, 15) is 19.1 Å². The first-order valence-electron chi connectivity index (χ1n) is 10.7. The van der Waals surface area contributed by atoms with Crippen molar-refractivity contribution in [2.45, 2.75) is 18.0 Å². The van der Waals surface area contributed by atoms with Crippen molar-refractivity contribution in [2.75, 3.05) is 19.7 Å². The summed E-state index contributed by atoms with van der Waals surface area (Å²) in [6.45, 7) is 0.149. The van der Waals surface area contributed by atoms with E-state index in [0.29, 0.717) is 6.54 Å². The minimum absolute atomic E-state index is 0.0674. The average Bonchev–Trinajstić information content (AvgIpc) is 2.81. The van der Waals surface area contributed by atoms with Crippen LogP contribution in [-0.2, 0) is 4.79 Å². The second-order valence-corrected chi connectivity index (χ2v) is 8.33. The maximum atomic E-state index is 13.6. The first kappa shape index (κ1) is 20.4. The van der Waals surface area contributed by atoms with E-state index in [2.05, 4.69) is 0 Å². The van der Waals surface area contributed by atoms with Gasteiger partial charge in [-0.2, -0.15) is 0 Å². The molecule has 5 nitrogen and oxygen atoms in total. The Bertz CT molecular complexity index is 1150. The Morgan fingerprint density at radius 3 is 2.38 bits per heavy atom. The van der Waals surface area contributed by atoms with Crippen LogP contribution in [0.25, 0.3) is 11.1 Å². The zero-order chi connectivity index (χ0) is 22.2. The van der Waals surface area contributed by atoms with Gasteiger partial charge in [-0.3, -0.25) is 9.59 Å². The van der Waals surface area contributed by atoms with Crippen molar-refractivity contribution in [3.63, 3.8) is 0 Å². The van der Waals surface area contributed by atoms with E-state index in [-0.39, 0.29) is 48.5 Å². The highest BCUT2D eigenvalue weighted by Crippen LogP contribution is 2.43. The van der Waals surface area contributed by atoms with Gasteiger partial charge in [0.25, 0.3) is 5.91 Å². The third-order valence-electron chi connectivity index (χ3n) is 6.51. The Hall–Kier alpha value is -3.51. The molecule has 2 aliphatic rings. The molecule has 0 radical (unpaired) electrons. The molecular formula is C26H23FN2O3. The number of rotatable bonds is 4. The largest absolute Gasteiger partial charge is 0.394 e. The normalized spacial score (nSPS) is 22.3. The van der Waals surface area contributed by atoms with Crippen LogP contribution in [0.2, 0.25) is 0 Å². The first-order valence-corrected chi connectivity index (χ1v) is 10.7. The molecule has 6 heteroatoms. The molecule has 3 aromatic carbocycles. The fourth-order valence-corrected chi connectivity index (χ4v) is 4.99.